The van der Waals surface area contributed by atoms with Gasteiger partial charge in [-0.05, 0) is 41.5 Å². The van der Waals surface area contributed by atoms with Crippen molar-refractivity contribution in [2.24, 2.45) is 0 Å². The maximum Gasteiger partial charge on any atom is 0.336 e. The van der Waals surface area contributed by atoms with Crippen molar-refractivity contribution >= 4 is 5.97 Å². The van der Waals surface area contributed by atoms with Crippen molar-refractivity contribution in [2.45, 2.75) is 0 Å². The highest BCUT2D eigenvalue weighted by Gasteiger charge is 2.15. The van der Waals surface area contributed by atoms with E-state index in [9.17, 15) is 9.90 Å². The van der Waals surface area contributed by atoms with Crippen LogP contribution in [-0.4, -0.2) is 39.3 Å². The van der Waals surface area contributed by atoms with E-state index in [4.69, 9.17) is 9.47 Å². The molecule has 148 valence electrons. The van der Waals surface area contributed by atoms with Crippen LogP contribution in [0.3, 0.4) is 0 Å². The zero-order chi connectivity index (χ0) is 20.5. The summed E-state index contributed by atoms with van der Waals surface area (Å²) in [7, 11) is 0. The molecule has 30 heavy (non-hydrogen) atoms. The van der Waals surface area contributed by atoms with Crippen LogP contribution in [0.15, 0.2) is 72.9 Å². The van der Waals surface area contributed by atoms with E-state index in [0.717, 1.165) is 28.3 Å². The second kappa shape index (κ2) is 7.36. The number of carboxylic acid groups (broad SMARTS) is 1. The van der Waals surface area contributed by atoms with Gasteiger partial charge in [0, 0.05) is 5.56 Å². The summed E-state index contributed by atoms with van der Waals surface area (Å²) < 4.78 is 12.9. The Morgan fingerprint density at radius 3 is 2.43 bits per heavy atom. The molecule has 2 heterocycles. The van der Waals surface area contributed by atoms with E-state index in [1.54, 1.807) is 35.1 Å². The lowest BCUT2D eigenvalue weighted by atomic mass is 10.0. The van der Waals surface area contributed by atoms with Crippen LogP contribution >= 0.6 is 0 Å². The lowest BCUT2D eigenvalue weighted by molar-refractivity contribution is 0.0697. The molecule has 5 rings (SSSR count). The van der Waals surface area contributed by atoms with Gasteiger partial charge in [0.25, 0.3) is 0 Å². The third-order valence-corrected chi connectivity index (χ3v) is 4.93. The van der Waals surface area contributed by atoms with Crippen molar-refractivity contribution in [2.75, 3.05) is 13.2 Å². The monoisotopic (exact) mass is 399 g/mol. The largest absolute Gasteiger partial charge is 0.486 e. The van der Waals surface area contributed by atoms with Crippen LogP contribution in [0.1, 0.15) is 10.4 Å². The maximum atomic E-state index is 11.5. The molecule has 3 aromatic carbocycles. The van der Waals surface area contributed by atoms with Gasteiger partial charge in [-0.3, -0.25) is 0 Å². The number of ether oxygens (including phenoxy) is 2. The van der Waals surface area contributed by atoms with E-state index >= 15 is 0 Å². The number of carboxylic acids is 1. The number of benzene rings is 3. The molecule has 0 unspecified atom stereocenters. The van der Waals surface area contributed by atoms with Crippen molar-refractivity contribution in [3.05, 3.63) is 78.5 Å². The second-order valence-corrected chi connectivity index (χ2v) is 6.80. The Kier molecular flexibility index (Phi) is 4.40. The zero-order valence-corrected chi connectivity index (χ0v) is 15.9. The summed E-state index contributed by atoms with van der Waals surface area (Å²) in [6.07, 6.45) is 1.72. The van der Waals surface area contributed by atoms with Crippen LogP contribution in [-0.2, 0) is 0 Å². The number of aromatic carboxylic acids is 1. The topological polar surface area (TPSA) is 86.5 Å². The number of carbonyl (C=O) groups is 1. The summed E-state index contributed by atoms with van der Waals surface area (Å²) in [4.78, 5) is 11.5. The van der Waals surface area contributed by atoms with E-state index < -0.39 is 5.97 Å². The van der Waals surface area contributed by atoms with E-state index in [2.05, 4.69) is 10.3 Å². The fourth-order valence-corrected chi connectivity index (χ4v) is 3.44. The van der Waals surface area contributed by atoms with E-state index in [1.165, 1.54) is 0 Å². The summed E-state index contributed by atoms with van der Waals surface area (Å²) in [5.41, 5.74) is 4.11. The average Bonchev–Trinajstić information content (AvgIpc) is 3.29. The molecule has 0 radical (unpaired) electrons. The van der Waals surface area contributed by atoms with Gasteiger partial charge in [0.05, 0.1) is 17.4 Å². The molecule has 0 saturated heterocycles. The Hall–Kier alpha value is -4.13. The standard InChI is InChI=1S/C23H17N3O4/c27-23(28)19-4-2-1-3-18(19)20-14-26(25-24-20)17-8-5-15(6-9-17)16-7-10-21-22(13-16)30-12-11-29-21/h1-10,13-14H,11-12H2,(H,27,28). The van der Waals surface area contributed by atoms with Gasteiger partial charge in [-0.1, -0.05) is 41.6 Å². The summed E-state index contributed by atoms with van der Waals surface area (Å²) in [6.45, 7) is 1.12. The van der Waals surface area contributed by atoms with Crippen molar-refractivity contribution in [1.29, 1.82) is 0 Å². The highest BCUT2D eigenvalue weighted by Crippen LogP contribution is 2.34. The van der Waals surface area contributed by atoms with Gasteiger partial charge in [0.15, 0.2) is 11.5 Å². The minimum absolute atomic E-state index is 0.193. The quantitative estimate of drug-likeness (QED) is 0.557. The highest BCUT2D eigenvalue weighted by molar-refractivity contribution is 5.95. The molecule has 4 aromatic rings. The Bertz CT molecular complexity index is 1230. The third-order valence-electron chi connectivity index (χ3n) is 4.93. The van der Waals surface area contributed by atoms with E-state index in [-0.39, 0.29) is 5.56 Å². The molecule has 1 aliphatic rings. The van der Waals surface area contributed by atoms with Crippen LogP contribution < -0.4 is 9.47 Å². The lowest BCUT2D eigenvalue weighted by Crippen LogP contribution is -2.15. The molecule has 0 aliphatic carbocycles. The maximum absolute atomic E-state index is 11.5. The normalized spacial score (nSPS) is 12.5. The first-order valence-corrected chi connectivity index (χ1v) is 9.44. The molecule has 7 heteroatoms. The van der Waals surface area contributed by atoms with Crippen LogP contribution in [0.5, 0.6) is 11.5 Å². The van der Waals surface area contributed by atoms with E-state index in [1.807, 2.05) is 42.5 Å². The minimum Gasteiger partial charge on any atom is -0.486 e. The number of hydrogen-bond acceptors (Lipinski definition) is 5. The molecule has 1 N–H and O–H groups in total. The third kappa shape index (κ3) is 3.26. The van der Waals surface area contributed by atoms with Crippen molar-refractivity contribution < 1.29 is 19.4 Å². The Balaban J connectivity index is 1.43. The van der Waals surface area contributed by atoms with E-state index in [0.29, 0.717) is 24.5 Å². The summed E-state index contributed by atoms with van der Waals surface area (Å²) in [6, 6.07) is 20.5. The van der Waals surface area contributed by atoms with Gasteiger partial charge in [-0.2, -0.15) is 0 Å². The van der Waals surface area contributed by atoms with Crippen LogP contribution in [0, 0.1) is 0 Å². The summed E-state index contributed by atoms with van der Waals surface area (Å²) >= 11 is 0. The SMILES string of the molecule is O=C(O)c1ccccc1-c1cn(-c2ccc(-c3ccc4c(c3)OCCO4)cc2)nn1. The van der Waals surface area contributed by atoms with Gasteiger partial charge >= 0.3 is 5.97 Å². The molecular weight excluding hydrogens is 382 g/mol. The smallest absolute Gasteiger partial charge is 0.336 e. The van der Waals surface area contributed by atoms with Gasteiger partial charge in [-0.15, -0.1) is 5.10 Å². The molecular formula is C23H17N3O4. The van der Waals surface area contributed by atoms with Gasteiger partial charge in [-0.25, -0.2) is 9.48 Å². The molecule has 0 saturated carbocycles. The Morgan fingerprint density at radius 2 is 1.63 bits per heavy atom. The Morgan fingerprint density at radius 1 is 0.900 bits per heavy atom. The Labute approximate surface area is 172 Å². The molecule has 0 amide bonds. The van der Waals surface area contributed by atoms with Crippen molar-refractivity contribution in [3.8, 4) is 39.6 Å². The van der Waals surface area contributed by atoms with Crippen molar-refractivity contribution in [1.82, 2.24) is 15.0 Å². The van der Waals surface area contributed by atoms with Crippen LogP contribution in [0.4, 0.5) is 0 Å². The fourth-order valence-electron chi connectivity index (χ4n) is 3.44. The molecule has 0 fully saturated rings. The fraction of sp³-hybridized carbons (Fsp3) is 0.0870. The zero-order valence-electron chi connectivity index (χ0n) is 15.9. The first-order valence-electron chi connectivity index (χ1n) is 9.44. The lowest BCUT2D eigenvalue weighted by Gasteiger charge is -2.19. The predicted molar refractivity (Wildman–Crippen MR) is 110 cm³/mol. The first-order chi connectivity index (χ1) is 14.7. The number of fused-ring (bicyclic) bond motifs is 1. The van der Waals surface area contributed by atoms with Gasteiger partial charge < -0.3 is 14.6 Å². The van der Waals surface area contributed by atoms with Gasteiger partial charge in [0.2, 0.25) is 0 Å². The van der Waals surface area contributed by atoms with Crippen molar-refractivity contribution in [3.63, 3.8) is 0 Å². The molecule has 0 bridgehead atoms. The summed E-state index contributed by atoms with van der Waals surface area (Å²) in [5, 5.41) is 17.7. The number of aromatic nitrogens is 3. The molecule has 7 nitrogen and oxygen atoms in total. The predicted octanol–water partition coefficient (Wildman–Crippen LogP) is 4.07. The minimum atomic E-state index is -0.996. The van der Waals surface area contributed by atoms with Crippen LogP contribution in [0.2, 0.25) is 0 Å². The molecule has 1 aliphatic heterocycles. The molecule has 1 aromatic heterocycles. The number of hydrogen-bond donors (Lipinski definition) is 1. The first kappa shape index (κ1) is 17.9. The molecule has 0 spiro atoms. The second-order valence-electron chi connectivity index (χ2n) is 6.80. The number of nitrogens with zero attached hydrogens (tertiary/aromatic N) is 3. The van der Waals surface area contributed by atoms with Crippen LogP contribution in [0.25, 0.3) is 28.1 Å². The number of rotatable bonds is 4. The average molecular weight is 399 g/mol. The summed E-state index contributed by atoms with van der Waals surface area (Å²) in [5.74, 6) is 0.517. The highest BCUT2D eigenvalue weighted by atomic mass is 16.6. The van der Waals surface area contributed by atoms with Gasteiger partial charge in [0.1, 0.15) is 18.9 Å². The molecule has 0 atom stereocenters.